The molecule has 0 saturated carbocycles. The third-order valence-electron chi connectivity index (χ3n) is 4.08. The Balaban J connectivity index is 2.04. The second kappa shape index (κ2) is 5.28. The first kappa shape index (κ1) is 13.2. The lowest BCUT2D eigenvalue weighted by Gasteiger charge is -2.35. The summed E-state index contributed by atoms with van der Waals surface area (Å²) in [7, 11) is 1.74. The molecule has 6 heteroatoms. The van der Waals surface area contributed by atoms with Gasteiger partial charge in [-0.15, -0.1) is 0 Å². The molecule has 0 amide bonds. The highest BCUT2D eigenvalue weighted by Crippen LogP contribution is 2.33. The zero-order chi connectivity index (χ0) is 13.3. The fourth-order valence-electron chi connectivity index (χ4n) is 2.82. The molecule has 1 aromatic heterocycles. The van der Waals surface area contributed by atoms with Gasteiger partial charge in [0.1, 0.15) is 16.1 Å². The summed E-state index contributed by atoms with van der Waals surface area (Å²) < 4.78 is 11.9. The Labute approximate surface area is 117 Å². The minimum atomic E-state index is -0.369. The lowest BCUT2D eigenvalue weighted by molar-refractivity contribution is -0.100. The average molecular weight is 281 g/mol. The molecule has 19 heavy (non-hydrogen) atoms. The molecular weight excluding hydrogens is 262 g/mol. The zero-order valence-electron chi connectivity index (χ0n) is 11.1. The fourth-order valence-corrected chi connectivity index (χ4v) is 3.11. The normalized spacial score (nSPS) is 21.9. The smallest absolute Gasteiger partial charge is 0.140 e. The summed E-state index contributed by atoms with van der Waals surface area (Å²) >= 11 is 5.44. The first-order valence-electron chi connectivity index (χ1n) is 6.71. The predicted molar refractivity (Wildman–Crippen MR) is 73.6 cm³/mol. The average Bonchev–Trinajstić information content (AvgIpc) is 2.48. The van der Waals surface area contributed by atoms with Gasteiger partial charge in [0.15, 0.2) is 0 Å². The van der Waals surface area contributed by atoms with Crippen molar-refractivity contribution in [1.29, 1.82) is 0 Å². The summed E-state index contributed by atoms with van der Waals surface area (Å²) in [6.07, 6.45) is 2.60. The van der Waals surface area contributed by atoms with Gasteiger partial charge in [0, 0.05) is 63.9 Å². The summed E-state index contributed by atoms with van der Waals surface area (Å²) in [5.74, 6) is 0.865. The van der Waals surface area contributed by atoms with Crippen molar-refractivity contribution in [3.05, 3.63) is 21.7 Å². The van der Waals surface area contributed by atoms with Crippen molar-refractivity contribution in [2.45, 2.75) is 31.4 Å². The molecule has 0 atom stereocenters. The minimum absolute atomic E-state index is 0.369. The molecule has 0 aromatic carbocycles. The van der Waals surface area contributed by atoms with Gasteiger partial charge < -0.3 is 19.8 Å². The number of H-pyrrole nitrogens is 1. The maximum absolute atomic E-state index is 5.78. The Morgan fingerprint density at radius 3 is 2.89 bits per heavy atom. The van der Waals surface area contributed by atoms with E-state index in [-0.39, 0.29) is 5.60 Å². The van der Waals surface area contributed by atoms with Gasteiger partial charge in [-0.05, 0) is 0 Å². The number of aromatic amines is 1. The predicted octanol–water partition coefficient (Wildman–Crippen LogP) is 1.44. The number of nitrogens with zero attached hydrogens (tertiary/aromatic N) is 1. The van der Waals surface area contributed by atoms with Gasteiger partial charge >= 0.3 is 0 Å². The van der Waals surface area contributed by atoms with E-state index in [9.17, 15) is 0 Å². The highest BCUT2D eigenvalue weighted by atomic mass is 32.1. The number of methoxy groups -OCH3 is 1. The molecule has 2 aliphatic rings. The molecule has 3 rings (SSSR count). The van der Waals surface area contributed by atoms with Gasteiger partial charge in [0.25, 0.3) is 0 Å². The van der Waals surface area contributed by atoms with Crippen LogP contribution in [0.2, 0.25) is 0 Å². The molecule has 0 unspecified atom stereocenters. The van der Waals surface area contributed by atoms with Crippen LogP contribution in [-0.2, 0) is 28.0 Å². The number of nitrogens with one attached hydrogen (secondary N) is 2. The zero-order valence-corrected chi connectivity index (χ0v) is 11.9. The van der Waals surface area contributed by atoms with Crippen LogP contribution in [0.4, 0.5) is 0 Å². The lowest BCUT2D eigenvalue weighted by Crippen LogP contribution is -2.38. The summed E-state index contributed by atoms with van der Waals surface area (Å²) in [4.78, 5) is 8.06. The van der Waals surface area contributed by atoms with Crippen LogP contribution in [-0.4, -0.2) is 36.8 Å². The molecule has 104 valence electrons. The van der Waals surface area contributed by atoms with E-state index in [1.54, 1.807) is 7.11 Å². The molecule has 2 aliphatic heterocycles. The first-order chi connectivity index (χ1) is 9.25. The van der Waals surface area contributed by atoms with Crippen LogP contribution >= 0.6 is 12.2 Å². The highest BCUT2D eigenvalue weighted by Gasteiger charge is 2.37. The van der Waals surface area contributed by atoms with E-state index in [0.29, 0.717) is 17.9 Å². The second-order valence-electron chi connectivity index (χ2n) is 5.09. The van der Waals surface area contributed by atoms with Crippen LogP contribution in [0.25, 0.3) is 0 Å². The van der Waals surface area contributed by atoms with Crippen molar-refractivity contribution < 1.29 is 9.47 Å². The van der Waals surface area contributed by atoms with Crippen molar-refractivity contribution in [1.82, 2.24) is 15.3 Å². The van der Waals surface area contributed by atoms with Gasteiger partial charge in [0.05, 0.1) is 0 Å². The second-order valence-corrected chi connectivity index (χ2v) is 5.47. The lowest BCUT2D eigenvalue weighted by atomic mass is 9.92. The molecule has 3 heterocycles. The number of ether oxygens (including phenoxy) is 2. The molecule has 1 aromatic rings. The van der Waals surface area contributed by atoms with Crippen molar-refractivity contribution >= 4 is 12.2 Å². The van der Waals surface area contributed by atoms with E-state index in [1.165, 1.54) is 5.69 Å². The van der Waals surface area contributed by atoms with Crippen molar-refractivity contribution in [2.75, 3.05) is 26.9 Å². The van der Waals surface area contributed by atoms with Gasteiger partial charge in [0.2, 0.25) is 0 Å². The number of rotatable bonds is 2. The SMILES string of the molecule is COC1(c2nc(=S)c3c([nH]2)CCNC3)CCOCC1. The number of aromatic nitrogens is 2. The van der Waals surface area contributed by atoms with Crippen LogP contribution < -0.4 is 5.32 Å². The Bertz CT molecular complexity index is 523. The van der Waals surface area contributed by atoms with Crippen LogP contribution in [0.1, 0.15) is 29.9 Å². The van der Waals surface area contributed by atoms with E-state index in [0.717, 1.165) is 43.7 Å². The Hall–Kier alpha value is -0.820. The van der Waals surface area contributed by atoms with E-state index in [1.807, 2.05) is 0 Å². The molecule has 2 N–H and O–H groups in total. The monoisotopic (exact) mass is 281 g/mol. The molecule has 0 radical (unpaired) electrons. The van der Waals surface area contributed by atoms with Crippen molar-refractivity contribution in [3.8, 4) is 0 Å². The Kier molecular flexibility index (Phi) is 3.66. The van der Waals surface area contributed by atoms with E-state index >= 15 is 0 Å². The van der Waals surface area contributed by atoms with Gasteiger partial charge in [-0.1, -0.05) is 12.2 Å². The largest absolute Gasteiger partial charge is 0.381 e. The molecular formula is C13H19N3O2S. The molecule has 0 bridgehead atoms. The molecule has 5 nitrogen and oxygen atoms in total. The van der Waals surface area contributed by atoms with Crippen LogP contribution in [0, 0.1) is 4.64 Å². The highest BCUT2D eigenvalue weighted by molar-refractivity contribution is 7.71. The number of hydrogen-bond acceptors (Lipinski definition) is 5. The Morgan fingerprint density at radius 1 is 1.37 bits per heavy atom. The van der Waals surface area contributed by atoms with E-state index in [2.05, 4.69) is 15.3 Å². The van der Waals surface area contributed by atoms with Gasteiger partial charge in [-0.2, -0.15) is 0 Å². The minimum Gasteiger partial charge on any atom is -0.381 e. The van der Waals surface area contributed by atoms with Crippen LogP contribution in [0.15, 0.2) is 0 Å². The molecule has 0 spiro atoms. The Morgan fingerprint density at radius 2 is 2.16 bits per heavy atom. The molecule has 1 saturated heterocycles. The topological polar surface area (TPSA) is 59.2 Å². The van der Waals surface area contributed by atoms with Gasteiger partial charge in [-0.25, -0.2) is 4.98 Å². The molecule has 1 fully saturated rings. The van der Waals surface area contributed by atoms with E-state index in [4.69, 9.17) is 21.7 Å². The molecule has 0 aliphatic carbocycles. The van der Waals surface area contributed by atoms with Crippen molar-refractivity contribution in [2.24, 2.45) is 0 Å². The first-order valence-corrected chi connectivity index (χ1v) is 7.12. The number of fused-ring (bicyclic) bond motifs is 1. The third-order valence-corrected chi connectivity index (χ3v) is 4.42. The maximum Gasteiger partial charge on any atom is 0.140 e. The number of hydrogen-bond donors (Lipinski definition) is 2. The summed E-state index contributed by atoms with van der Waals surface area (Å²) in [5, 5.41) is 3.33. The quantitative estimate of drug-likeness (QED) is 0.803. The summed E-state index contributed by atoms with van der Waals surface area (Å²) in [6.45, 7) is 3.19. The summed E-state index contributed by atoms with van der Waals surface area (Å²) in [5.41, 5.74) is 1.96. The van der Waals surface area contributed by atoms with E-state index < -0.39 is 0 Å². The fraction of sp³-hybridized carbons (Fsp3) is 0.692. The maximum atomic E-state index is 5.78. The van der Waals surface area contributed by atoms with Gasteiger partial charge in [-0.3, -0.25) is 0 Å². The van der Waals surface area contributed by atoms with Crippen LogP contribution in [0.3, 0.4) is 0 Å². The van der Waals surface area contributed by atoms with Crippen LogP contribution in [0.5, 0.6) is 0 Å². The summed E-state index contributed by atoms with van der Waals surface area (Å²) in [6, 6.07) is 0. The standard InChI is InChI=1S/C13H19N3O2S/c1-17-13(3-6-18-7-4-13)12-15-10-2-5-14-8-9(10)11(19)16-12/h14H,2-8H2,1H3,(H,15,16,19). The van der Waals surface area contributed by atoms with Crippen molar-refractivity contribution in [3.63, 3.8) is 0 Å². The third kappa shape index (κ3) is 2.33.